The van der Waals surface area contributed by atoms with E-state index >= 15 is 0 Å². The number of azide groups is 1. The lowest BCUT2D eigenvalue weighted by atomic mass is 10.2. The fourth-order valence-corrected chi connectivity index (χ4v) is 1.25. The minimum Gasteiger partial charge on any atom is -0.288 e. The predicted octanol–water partition coefficient (Wildman–Crippen LogP) is 2.52. The maximum absolute atomic E-state index is 8.39. The van der Waals surface area contributed by atoms with E-state index in [2.05, 4.69) is 20.2 Å². The summed E-state index contributed by atoms with van der Waals surface area (Å²) in [7, 11) is 0. The van der Waals surface area contributed by atoms with Crippen LogP contribution in [0.5, 0.6) is 0 Å². The molecule has 1 aromatic carbocycles. The highest BCUT2D eigenvalue weighted by Gasteiger charge is 2.00. The van der Waals surface area contributed by atoms with Crippen molar-refractivity contribution in [3.8, 4) is 5.69 Å². The van der Waals surface area contributed by atoms with Gasteiger partial charge in [-0.1, -0.05) is 11.2 Å². The lowest BCUT2D eigenvalue weighted by Crippen LogP contribution is -1.89. The predicted molar refractivity (Wildman–Crippen MR) is 54.9 cm³/mol. The highest BCUT2D eigenvalue weighted by Crippen LogP contribution is 2.22. The first kappa shape index (κ1) is 9.23. The third-order valence-corrected chi connectivity index (χ3v) is 2.06. The van der Waals surface area contributed by atoms with E-state index in [1.165, 1.54) is 0 Å². The molecule has 2 rings (SSSR count). The summed E-state index contributed by atoms with van der Waals surface area (Å²) in [6.45, 7) is 1.89. The molecular formula is C9H8N6. The molecule has 0 aliphatic rings. The summed E-state index contributed by atoms with van der Waals surface area (Å²) in [5.74, 6) is 0. The third kappa shape index (κ3) is 1.79. The average Bonchev–Trinajstić information content (AvgIpc) is 2.75. The molecular weight excluding hydrogens is 192 g/mol. The Labute approximate surface area is 85.8 Å². The second kappa shape index (κ2) is 3.81. The quantitative estimate of drug-likeness (QED) is 0.424. The van der Waals surface area contributed by atoms with Crippen molar-refractivity contribution in [1.82, 2.24) is 14.8 Å². The largest absolute Gasteiger partial charge is 0.288 e. The van der Waals surface area contributed by atoms with Crippen molar-refractivity contribution in [1.29, 1.82) is 0 Å². The molecule has 0 amide bonds. The van der Waals surface area contributed by atoms with Gasteiger partial charge >= 0.3 is 0 Å². The van der Waals surface area contributed by atoms with Crippen LogP contribution < -0.4 is 0 Å². The van der Waals surface area contributed by atoms with Crippen LogP contribution in [0, 0.1) is 6.92 Å². The SMILES string of the molecule is Cc1ccc(-n2cnnc2)cc1N=[N+]=[N-]. The summed E-state index contributed by atoms with van der Waals surface area (Å²) in [5.41, 5.74) is 10.8. The van der Waals surface area contributed by atoms with Gasteiger partial charge in [0, 0.05) is 16.3 Å². The second-order valence-corrected chi connectivity index (χ2v) is 3.03. The monoisotopic (exact) mass is 200 g/mol. The Morgan fingerprint density at radius 3 is 2.73 bits per heavy atom. The third-order valence-electron chi connectivity index (χ3n) is 2.06. The van der Waals surface area contributed by atoms with Crippen LogP contribution in [0.15, 0.2) is 36.0 Å². The molecule has 0 fully saturated rings. The lowest BCUT2D eigenvalue weighted by Gasteiger charge is -2.04. The molecule has 2 aromatic rings. The van der Waals surface area contributed by atoms with Crippen LogP contribution in [0.2, 0.25) is 0 Å². The number of benzene rings is 1. The highest BCUT2D eigenvalue weighted by atomic mass is 15.2. The Kier molecular flexibility index (Phi) is 2.35. The Morgan fingerprint density at radius 1 is 1.33 bits per heavy atom. The lowest BCUT2D eigenvalue weighted by molar-refractivity contribution is 1.05. The number of aryl methyl sites for hydroxylation is 1. The Bertz CT molecular complexity index is 509. The molecule has 0 saturated heterocycles. The summed E-state index contributed by atoms with van der Waals surface area (Å²) >= 11 is 0. The molecule has 6 heteroatoms. The summed E-state index contributed by atoms with van der Waals surface area (Å²) in [6, 6.07) is 5.59. The van der Waals surface area contributed by atoms with Gasteiger partial charge in [-0.25, -0.2) is 0 Å². The molecule has 0 saturated carbocycles. The number of rotatable bonds is 2. The Morgan fingerprint density at radius 2 is 2.07 bits per heavy atom. The van der Waals surface area contributed by atoms with Gasteiger partial charge in [0.2, 0.25) is 0 Å². The van der Waals surface area contributed by atoms with Crippen molar-refractivity contribution in [3.63, 3.8) is 0 Å². The first-order valence-corrected chi connectivity index (χ1v) is 4.32. The topological polar surface area (TPSA) is 79.5 Å². The number of nitrogens with zero attached hydrogens (tertiary/aromatic N) is 6. The molecule has 0 aliphatic heterocycles. The molecule has 0 atom stereocenters. The Balaban J connectivity index is 2.52. The zero-order valence-corrected chi connectivity index (χ0v) is 8.07. The van der Waals surface area contributed by atoms with Crippen molar-refractivity contribution in [2.75, 3.05) is 0 Å². The van der Waals surface area contributed by atoms with E-state index in [9.17, 15) is 0 Å². The van der Waals surface area contributed by atoms with Crippen molar-refractivity contribution in [2.45, 2.75) is 6.92 Å². The van der Waals surface area contributed by atoms with Gasteiger partial charge in [0.15, 0.2) is 0 Å². The van der Waals surface area contributed by atoms with Gasteiger partial charge in [0.05, 0.1) is 0 Å². The van der Waals surface area contributed by atoms with E-state index in [1.54, 1.807) is 23.3 Å². The maximum atomic E-state index is 8.39. The minimum atomic E-state index is 0.615. The molecule has 0 N–H and O–H groups in total. The maximum Gasteiger partial charge on any atom is 0.123 e. The van der Waals surface area contributed by atoms with E-state index in [0.717, 1.165) is 11.3 Å². The van der Waals surface area contributed by atoms with Crippen LogP contribution in [0.1, 0.15) is 5.56 Å². The first-order valence-electron chi connectivity index (χ1n) is 4.32. The highest BCUT2D eigenvalue weighted by molar-refractivity contribution is 5.52. The summed E-state index contributed by atoms with van der Waals surface area (Å²) in [6.07, 6.45) is 3.18. The molecule has 0 radical (unpaired) electrons. The van der Waals surface area contributed by atoms with Crippen LogP contribution in [-0.2, 0) is 0 Å². The summed E-state index contributed by atoms with van der Waals surface area (Å²) < 4.78 is 1.75. The van der Waals surface area contributed by atoms with Gasteiger partial charge in [-0.15, -0.1) is 10.2 Å². The van der Waals surface area contributed by atoms with E-state index in [0.29, 0.717) is 5.69 Å². The van der Waals surface area contributed by atoms with Gasteiger partial charge in [-0.3, -0.25) is 4.57 Å². The van der Waals surface area contributed by atoms with Crippen molar-refractivity contribution >= 4 is 5.69 Å². The fourth-order valence-electron chi connectivity index (χ4n) is 1.25. The van der Waals surface area contributed by atoms with Crippen molar-refractivity contribution < 1.29 is 0 Å². The molecule has 0 spiro atoms. The van der Waals surface area contributed by atoms with E-state index in [1.807, 2.05) is 19.1 Å². The molecule has 0 aliphatic carbocycles. The van der Waals surface area contributed by atoms with Gasteiger partial charge in [0.25, 0.3) is 0 Å². The van der Waals surface area contributed by atoms with E-state index in [-0.39, 0.29) is 0 Å². The van der Waals surface area contributed by atoms with E-state index < -0.39 is 0 Å². The second-order valence-electron chi connectivity index (χ2n) is 3.03. The molecule has 74 valence electrons. The standard InChI is InChI=1S/C9H8N6/c1-7-2-3-8(4-9(7)13-14-10)15-5-11-12-6-15/h2-6H,1H3. The molecule has 6 nitrogen and oxygen atoms in total. The van der Waals surface area contributed by atoms with Gasteiger partial charge in [0.1, 0.15) is 12.7 Å². The number of aromatic nitrogens is 3. The van der Waals surface area contributed by atoms with Gasteiger partial charge in [-0.05, 0) is 30.2 Å². The molecule has 15 heavy (non-hydrogen) atoms. The molecule has 1 aromatic heterocycles. The molecule has 1 heterocycles. The van der Waals surface area contributed by atoms with Crippen LogP contribution in [0.25, 0.3) is 16.1 Å². The number of hydrogen-bond donors (Lipinski definition) is 0. The normalized spacial score (nSPS) is 9.67. The van der Waals surface area contributed by atoms with Crippen LogP contribution in [-0.4, -0.2) is 14.8 Å². The fraction of sp³-hybridized carbons (Fsp3) is 0.111. The minimum absolute atomic E-state index is 0.615. The van der Waals surface area contributed by atoms with Crippen molar-refractivity contribution in [2.24, 2.45) is 5.11 Å². The van der Waals surface area contributed by atoms with Crippen LogP contribution >= 0.6 is 0 Å². The van der Waals surface area contributed by atoms with Crippen molar-refractivity contribution in [3.05, 3.63) is 46.9 Å². The first-order chi connectivity index (χ1) is 7.31. The zero-order valence-electron chi connectivity index (χ0n) is 8.07. The molecule has 0 unspecified atom stereocenters. The zero-order chi connectivity index (χ0) is 10.7. The molecule has 0 bridgehead atoms. The average molecular weight is 200 g/mol. The smallest absolute Gasteiger partial charge is 0.123 e. The summed E-state index contributed by atoms with van der Waals surface area (Å²) in [4.78, 5) is 2.77. The van der Waals surface area contributed by atoms with Crippen LogP contribution in [0.4, 0.5) is 5.69 Å². The van der Waals surface area contributed by atoms with Gasteiger partial charge in [-0.2, -0.15) is 0 Å². The van der Waals surface area contributed by atoms with Crippen LogP contribution in [0.3, 0.4) is 0 Å². The number of hydrogen-bond acceptors (Lipinski definition) is 3. The van der Waals surface area contributed by atoms with E-state index in [4.69, 9.17) is 5.53 Å². The summed E-state index contributed by atoms with van der Waals surface area (Å²) in [5, 5.41) is 11.0. The Hall–Kier alpha value is -2.33. The van der Waals surface area contributed by atoms with Gasteiger partial charge < -0.3 is 0 Å².